The maximum atomic E-state index is 12.3. The summed E-state index contributed by atoms with van der Waals surface area (Å²) < 4.78 is 5.75. The molecule has 1 fully saturated rings. The van der Waals surface area contributed by atoms with Crippen molar-refractivity contribution in [2.75, 3.05) is 20.1 Å². The summed E-state index contributed by atoms with van der Waals surface area (Å²) in [5.41, 5.74) is 1.81. The lowest BCUT2D eigenvalue weighted by atomic mass is 10.0. The molecule has 1 amide bonds. The topological polar surface area (TPSA) is 41.6 Å². The monoisotopic (exact) mass is 324 g/mol. The van der Waals surface area contributed by atoms with E-state index in [9.17, 15) is 4.79 Å². The minimum Gasteiger partial charge on any atom is -0.489 e. The lowest BCUT2D eigenvalue weighted by Gasteiger charge is -2.29. The van der Waals surface area contributed by atoms with E-state index >= 15 is 0 Å². The summed E-state index contributed by atoms with van der Waals surface area (Å²) in [5.74, 6) is 0.772. The number of nitrogens with zero attached hydrogens (tertiary/aromatic N) is 1. The van der Waals surface area contributed by atoms with Crippen LogP contribution in [-0.4, -0.2) is 37.0 Å². The van der Waals surface area contributed by atoms with Gasteiger partial charge >= 0.3 is 0 Å². The van der Waals surface area contributed by atoms with Crippen molar-refractivity contribution in [1.29, 1.82) is 0 Å². The van der Waals surface area contributed by atoms with E-state index in [1.807, 2.05) is 54.6 Å². The Kier molecular flexibility index (Phi) is 5.49. The van der Waals surface area contributed by atoms with Gasteiger partial charge in [0.05, 0.1) is 0 Å². The molecule has 24 heavy (non-hydrogen) atoms. The van der Waals surface area contributed by atoms with Gasteiger partial charge in [-0.15, -0.1) is 0 Å². The number of ether oxygens (including phenoxy) is 1. The zero-order valence-electron chi connectivity index (χ0n) is 14.1. The lowest BCUT2D eigenvalue weighted by molar-refractivity contribution is 0.0917. The Bertz CT molecular complexity index is 647. The minimum absolute atomic E-state index is 0.000776. The summed E-state index contributed by atoms with van der Waals surface area (Å²) in [6.45, 7) is 2.61. The summed E-state index contributed by atoms with van der Waals surface area (Å²) in [6, 6.07) is 17.7. The molecule has 0 unspecified atom stereocenters. The van der Waals surface area contributed by atoms with E-state index in [4.69, 9.17) is 4.74 Å². The molecule has 126 valence electrons. The van der Waals surface area contributed by atoms with Crippen molar-refractivity contribution < 1.29 is 9.53 Å². The predicted octanol–water partition coefficient (Wildman–Crippen LogP) is 3.09. The van der Waals surface area contributed by atoms with Gasteiger partial charge in [0.25, 0.3) is 5.91 Å². The van der Waals surface area contributed by atoms with Gasteiger partial charge in [0.15, 0.2) is 0 Å². The zero-order chi connectivity index (χ0) is 16.8. The van der Waals surface area contributed by atoms with Gasteiger partial charge < -0.3 is 15.0 Å². The Morgan fingerprint density at radius 3 is 2.42 bits per heavy atom. The van der Waals surface area contributed by atoms with Crippen LogP contribution in [0.15, 0.2) is 54.6 Å². The number of hydrogen-bond donors (Lipinski definition) is 1. The van der Waals surface area contributed by atoms with Crippen LogP contribution in [0.25, 0.3) is 0 Å². The van der Waals surface area contributed by atoms with Crippen LogP contribution >= 0.6 is 0 Å². The summed E-state index contributed by atoms with van der Waals surface area (Å²) in [5, 5.41) is 3.13. The van der Waals surface area contributed by atoms with E-state index in [-0.39, 0.29) is 11.9 Å². The average Bonchev–Trinajstić information content (AvgIpc) is 2.63. The van der Waals surface area contributed by atoms with Crippen LogP contribution in [0.5, 0.6) is 5.75 Å². The van der Waals surface area contributed by atoms with Gasteiger partial charge in [0.2, 0.25) is 0 Å². The predicted molar refractivity (Wildman–Crippen MR) is 95.2 cm³/mol. The highest BCUT2D eigenvalue weighted by molar-refractivity contribution is 5.94. The summed E-state index contributed by atoms with van der Waals surface area (Å²) >= 11 is 0. The van der Waals surface area contributed by atoms with Crippen molar-refractivity contribution in [2.24, 2.45) is 0 Å². The Labute approximate surface area is 143 Å². The van der Waals surface area contributed by atoms with Gasteiger partial charge in [0.1, 0.15) is 12.4 Å². The Hall–Kier alpha value is -2.33. The molecule has 1 saturated heterocycles. The number of rotatable bonds is 5. The maximum absolute atomic E-state index is 12.3. The van der Waals surface area contributed by atoms with Crippen LogP contribution in [0.4, 0.5) is 0 Å². The van der Waals surface area contributed by atoms with E-state index in [2.05, 4.69) is 17.3 Å². The number of carbonyl (C=O) groups is 1. The molecule has 1 heterocycles. The highest BCUT2D eigenvalue weighted by Crippen LogP contribution is 2.15. The van der Waals surface area contributed by atoms with E-state index < -0.39 is 0 Å². The Balaban J connectivity index is 1.51. The van der Waals surface area contributed by atoms with Crippen LogP contribution in [0.3, 0.4) is 0 Å². The van der Waals surface area contributed by atoms with Gasteiger partial charge in [-0.05, 0) is 62.8 Å². The summed E-state index contributed by atoms with van der Waals surface area (Å²) in [4.78, 5) is 14.6. The number of amides is 1. The molecule has 1 aliphatic rings. The average molecular weight is 324 g/mol. The molecule has 0 aromatic heterocycles. The fraction of sp³-hybridized carbons (Fsp3) is 0.350. The number of piperidine rings is 1. The van der Waals surface area contributed by atoms with E-state index in [0.717, 1.165) is 37.2 Å². The first-order valence-electron chi connectivity index (χ1n) is 8.47. The highest BCUT2D eigenvalue weighted by atomic mass is 16.5. The molecule has 0 aliphatic carbocycles. The van der Waals surface area contributed by atoms with Crippen LogP contribution in [0.2, 0.25) is 0 Å². The van der Waals surface area contributed by atoms with Crippen molar-refractivity contribution in [3.05, 3.63) is 65.7 Å². The van der Waals surface area contributed by atoms with Gasteiger partial charge in [0, 0.05) is 11.6 Å². The Morgan fingerprint density at radius 2 is 1.75 bits per heavy atom. The second-order valence-corrected chi connectivity index (χ2v) is 6.35. The fourth-order valence-electron chi connectivity index (χ4n) is 2.87. The number of hydrogen-bond acceptors (Lipinski definition) is 3. The van der Waals surface area contributed by atoms with E-state index in [1.165, 1.54) is 0 Å². The Morgan fingerprint density at radius 1 is 1.08 bits per heavy atom. The summed E-state index contributed by atoms with van der Waals surface area (Å²) in [6.07, 6.45) is 2.03. The van der Waals surface area contributed by atoms with Crippen molar-refractivity contribution in [3.63, 3.8) is 0 Å². The first-order chi connectivity index (χ1) is 11.7. The fourth-order valence-corrected chi connectivity index (χ4v) is 2.87. The third-order valence-electron chi connectivity index (χ3n) is 4.42. The van der Waals surface area contributed by atoms with Crippen LogP contribution in [0, 0.1) is 0 Å². The SMILES string of the molecule is CN1CCC(NC(=O)c2ccc(OCc3ccccc3)cc2)CC1. The molecule has 2 aromatic carbocycles. The first kappa shape index (κ1) is 16.5. The van der Waals surface area contributed by atoms with Crippen LogP contribution < -0.4 is 10.1 Å². The number of likely N-dealkylation sites (tertiary alicyclic amines) is 1. The van der Waals surface area contributed by atoms with Crippen molar-refractivity contribution in [2.45, 2.75) is 25.5 Å². The molecule has 0 radical (unpaired) electrons. The third kappa shape index (κ3) is 4.59. The van der Waals surface area contributed by atoms with Gasteiger partial charge in [-0.1, -0.05) is 30.3 Å². The molecule has 0 bridgehead atoms. The molecule has 4 nitrogen and oxygen atoms in total. The van der Waals surface area contributed by atoms with E-state index in [1.54, 1.807) is 0 Å². The third-order valence-corrected chi connectivity index (χ3v) is 4.42. The molecule has 1 aliphatic heterocycles. The molecule has 2 aromatic rings. The minimum atomic E-state index is -0.000776. The molecular formula is C20H24N2O2. The quantitative estimate of drug-likeness (QED) is 0.919. The molecule has 4 heteroatoms. The second-order valence-electron chi connectivity index (χ2n) is 6.35. The van der Waals surface area contributed by atoms with Crippen LogP contribution in [-0.2, 0) is 6.61 Å². The normalized spacial score (nSPS) is 15.9. The number of benzene rings is 2. The lowest BCUT2D eigenvalue weighted by Crippen LogP contribution is -2.43. The highest BCUT2D eigenvalue weighted by Gasteiger charge is 2.18. The van der Waals surface area contributed by atoms with Crippen LogP contribution in [0.1, 0.15) is 28.8 Å². The molecule has 0 atom stereocenters. The van der Waals surface area contributed by atoms with Gasteiger partial charge in [-0.3, -0.25) is 4.79 Å². The number of carbonyl (C=O) groups excluding carboxylic acids is 1. The molecular weight excluding hydrogens is 300 g/mol. The smallest absolute Gasteiger partial charge is 0.251 e. The molecule has 0 saturated carbocycles. The van der Waals surface area contributed by atoms with Gasteiger partial charge in [-0.25, -0.2) is 0 Å². The van der Waals surface area contributed by atoms with Crippen molar-refractivity contribution in [3.8, 4) is 5.75 Å². The molecule has 0 spiro atoms. The molecule has 3 rings (SSSR count). The van der Waals surface area contributed by atoms with Crippen molar-refractivity contribution in [1.82, 2.24) is 10.2 Å². The number of nitrogens with one attached hydrogen (secondary N) is 1. The van der Waals surface area contributed by atoms with Crippen molar-refractivity contribution >= 4 is 5.91 Å². The van der Waals surface area contributed by atoms with E-state index in [0.29, 0.717) is 12.2 Å². The summed E-state index contributed by atoms with van der Waals surface area (Å²) in [7, 11) is 2.12. The molecule has 1 N–H and O–H groups in total. The first-order valence-corrected chi connectivity index (χ1v) is 8.47. The standard InChI is InChI=1S/C20H24N2O2/c1-22-13-11-18(12-14-22)21-20(23)17-7-9-19(10-8-17)24-15-16-5-3-2-4-6-16/h2-10,18H,11-15H2,1H3,(H,21,23). The zero-order valence-corrected chi connectivity index (χ0v) is 14.1. The second kappa shape index (κ2) is 7.97. The van der Waals surface area contributed by atoms with Gasteiger partial charge in [-0.2, -0.15) is 0 Å². The maximum Gasteiger partial charge on any atom is 0.251 e. The largest absolute Gasteiger partial charge is 0.489 e.